The average molecular weight is 344 g/mol. The zero-order valence-electron chi connectivity index (χ0n) is 14.6. The van der Waals surface area contributed by atoms with Crippen molar-refractivity contribution in [2.24, 2.45) is 0 Å². The van der Waals surface area contributed by atoms with Crippen LogP contribution in [0.1, 0.15) is 27.6 Å². The molecule has 132 valence electrons. The molecule has 0 saturated carbocycles. The number of esters is 1. The highest BCUT2D eigenvalue weighted by Gasteiger charge is 2.25. The fourth-order valence-electron chi connectivity index (χ4n) is 2.32. The molecule has 0 amide bonds. The van der Waals surface area contributed by atoms with Gasteiger partial charge in [-0.05, 0) is 43.3 Å². The van der Waals surface area contributed by atoms with Gasteiger partial charge in [0, 0.05) is 5.56 Å². The van der Waals surface area contributed by atoms with Crippen LogP contribution >= 0.6 is 0 Å². The molecule has 0 fully saturated rings. The van der Waals surface area contributed by atoms with Crippen molar-refractivity contribution in [2.45, 2.75) is 13.0 Å². The van der Waals surface area contributed by atoms with E-state index in [0.29, 0.717) is 22.8 Å². The van der Waals surface area contributed by atoms with Crippen LogP contribution in [-0.4, -0.2) is 39.2 Å². The summed E-state index contributed by atoms with van der Waals surface area (Å²) in [4.78, 5) is 24.9. The van der Waals surface area contributed by atoms with E-state index in [0.717, 1.165) is 0 Å². The Labute approximate surface area is 146 Å². The zero-order chi connectivity index (χ0) is 18.4. The molecule has 0 radical (unpaired) electrons. The molecule has 6 nitrogen and oxygen atoms in total. The Kier molecular flexibility index (Phi) is 6.00. The summed E-state index contributed by atoms with van der Waals surface area (Å²) in [6.45, 7) is 1.52. The first-order valence-electron chi connectivity index (χ1n) is 7.62. The second kappa shape index (κ2) is 8.19. The number of hydrogen-bond donors (Lipinski definition) is 0. The van der Waals surface area contributed by atoms with Crippen molar-refractivity contribution >= 4 is 11.8 Å². The van der Waals surface area contributed by atoms with Crippen LogP contribution in [0.2, 0.25) is 0 Å². The molecule has 0 saturated heterocycles. The molecule has 25 heavy (non-hydrogen) atoms. The van der Waals surface area contributed by atoms with Gasteiger partial charge in [-0.2, -0.15) is 0 Å². The molecule has 0 aliphatic heterocycles. The number of rotatable bonds is 7. The van der Waals surface area contributed by atoms with Crippen molar-refractivity contribution in [3.05, 3.63) is 53.6 Å². The van der Waals surface area contributed by atoms with Gasteiger partial charge in [-0.1, -0.05) is 6.07 Å². The quantitative estimate of drug-likeness (QED) is 0.568. The van der Waals surface area contributed by atoms with E-state index in [-0.39, 0.29) is 11.3 Å². The van der Waals surface area contributed by atoms with Crippen molar-refractivity contribution in [3.63, 3.8) is 0 Å². The van der Waals surface area contributed by atoms with Gasteiger partial charge in [0.2, 0.25) is 5.78 Å². The van der Waals surface area contributed by atoms with E-state index >= 15 is 0 Å². The van der Waals surface area contributed by atoms with Crippen molar-refractivity contribution in [2.75, 3.05) is 21.3 Å². The van der Waals surface area contributed by atoms with Gasteiger partial charge < -0.3 is 18.9 Å². The van der Waals surface area contributed by atoms with E-state index in [1.165, 1.54) is 21.1 Å². The molecule has 0 unspecified atom stereocenters. The molecular weight excluding hydrogens is 324 g/mol. The summed E-state index contributed by atoms with van der Waals surface area (Å²) in [6, 6.07) is 11.5. The van der Waals surface area contributed by atoms with Crippen LogP contribution in [0, 0.1) is 0 Å². The molecule has 0 aliphatic carbocycles. The number of ether oxygens (including phenoxy) is 4. The Bertz CT molecular complexity index is 729. The number of carbonyl (C=O) groups excluding carboxylic acids is 2. The minimum absolute atomic E-state index is 0.141. The highest BCUT2D eigenvalue weighted by molar-refractivity contribution is 6.02. The molecule has 1 atom stereocenters. The van der Waals surface area contributed by atoms with E-state index < -0.39 is 12.1 Å². The monoisotopic (exact) mass is 344 g/mol. The highest BCUT2D eigenvalue weighted by atomic mass is 16.6. The number of carbonyl (C=O) groups is 2. The molecule has 6 heteroatoms. The predicted molar refractivity (Wildman–Crippen MR) is 91.7 cm³/mol. The molecule has 0 heterocycles. The van der Waals surface area contributed by atoms with Gasteiger partial charge >= 0.3 is 5.97 Å². The van der Waals surface area contributed by atoms with Gasteiger partial charge in [0.05, 0.1) is 21.3 Å². The van der Waals surface area contributed by atoms with Gasteiger partial charge in [0.25, 0.3) is 0 Å². The molecule has 0 bridgehead atoms. The minimum atomic E-state index is -0.962. The van der Waals surface area contributed by atoms with Gasteiger partial charge in [-0.25, -0.2) is 4.79 Å². The summed E-state index contributed by atoms with van der Waals surface area (Å²) >= 11 is 0. The lowest BCUT2D eigenvalue weighted by molar-refractivity contribution is 0.0312. The lowest BCUT2D eigenvalue weighted by atomic mass is 10.1. The Morgan fingerprint density at radius 1 is 0.840 bits per heavy atom. The minimum Gasteiger partial charge on any atom is -0.497 e. The third kappa shape index (κ3) is 4.09. The van der Waals surface area contributed by atoms with Crippen molar-refractivity contribution in [1.82, 2.24) is 0 Å². The maximum atomic E-state index is 12.5. The fraction of sp³-hybridized carbons (Fsp3) is 0.263. The van der Waals surface area contributed by atoms with Crippen LogP contribution in [-0.2, 0) is 4.74 Å². The number of hydrogen-bond acceptors (Lipinski definition) is 6. The van der Waals surface area contributed by atoms with Crippen molar-refractivity contribution in [1.29, 1.82) is 0 Å². The van der Waals surface area contributed by atoms with E-state index in [1.807, 2.05) is 0 Å². The smallest absolute Gasteiger partial charge is 0.346 e. The predicted octanol–water partition coefficient (Wildman–Crippen LogP) is 3.14. The van der Waals surface area contributed by atoms with E-state index in [4.69, 9.17) is 18.9 Å². The van der Waals surface area contributed by atoms with E-state index in [9.17, 15) is 9.59 Å². The van der Waals surface area contributed by atoms with Gasteiger partial charge in [0.15, 0.2) is 6.10 Å². The van der Waals surface area contributed by atoms with Gasteiger partial charge in [-0.3, -0.25) is 4.79 Å². The van der Waals surface area contributed by atoms with Crippen LogP contribution in [0.15, 0.2) is 42.5 Å². The normalized spacial score (nSPS) is 11.4. The van der Waals surface area contributed by atoms with Crippen LogP contribution in [0.5, 0.6) is 17.2 Å². The van der Waals surface area contributed by atoms with Crippen LogP contribution < -0.4 is 14.2 Å². The molecule has 0 aliphatic rings. The molecule has 0 N–H and O–H groups in total. The van der Waals surface area contributed by atoms with Crippen LogP contribution in [0.25, 0.3) is 0 Å². The maximum Gasteiger partial charge on any atom is 0.346 e. The second-order valence-corrected chi connectivity index (χ2v) is 5.18. The largest absolute Gasteiger partial charge is 0.497 e. The first-order chi connectivity index (χ1) is 12.0. The summed E-state index contributed by atoms with van der Waals surface area (Å²) in [5.74, 6) is 0.260. The molecule has 0 spiro atoms. The summed E-state index contributed by atoms with van der Waals surface area (Å²) < 4.78 is 20.7. The average Bonchev–Trinajstić information content (AvgIpc) is 2.66. The lowest BCUT2D eigenvalue weighted by Gasteiger charge is -2.16. The molecule has 2 aromatic carbocycles. The first kappa shape index (κ1) is 18.3. The van der Waals surface area contributed by atoms with Crippen LogP contribution in [0.3, 0.4) is 0 Å². The van der Waals surface area contributed by atoms with E-state index in [2.05, 4.69) is 0 Å². The Morgan fingerprint density at radius 2 is 1.40 bits per heavy atom. The van der Waals surface area contributed by atoms with Gasteiger partial charge in [0.1, 0.15) is 22.8 Å². The maximum absolute atomic E-state index is 12.5. The standard InChI is InChI=1S/C19H20O6/c1-12(18(20)13-8-10-14(22-2)11-9-13)25-19(21)17-15(23-3)6-5-7-16(17)24-4/h5-12H,1-4H3/t12-/m0/s1. The van der Waals surface area contributed by atoms with Crippen LogP contribution in [0.4, 0.5) is 0 Å². The molecule has 2 rings (SSSR count). The molecule has 2 aromatic rings. The Balaban J connectivity index is 2.18. The van der Waals surface area contributed by atoms with E-state index in [1.54, 1.807) is 49.6 Å². The lowest BCUT2D eigenvalue weighted by Crippen LogP contribution is -2.25. The number of methoxy groups -OCH3 is 3. The number of ketones is 1. The Hall–Kier alpha value is -3.02. The SMILES string of the molecule is COc1ccc(C(=O)[C@H](C)OC(=O)c2c(OC)cccc2OC)cc1. The summed E-state index contributed by atoms with van der Waals surface area (Å²) in [7, 11) is 4.43. The first-order valence-corrected chi connectivity index (χ1v) is 7.62. The summed E-state index contributed by atoms with van der Waals surface area (Å²) in [5.41, 5.74) is 0.565. The second-order valence-electron chi connectivity index (χ2n) is 5.18. The number of Topliss-reactive ketones (excluding diaryl/α,β-unsaturated/α-hetero) is 1. The summed E-state index contributed by atoms with van der Waals surface area (Å²) in [5, 5.41) is 0. The highest BCUT2D eigenvalue weighted by Crippen LogP contribution is 2.29. The Morgan fingerprint density at radius 3 is 1.88 bits per heavy atom. The topological polar surface area (TPSA) is 71.1 Å². The number of benzene rings is 2. The fourth-order valence-corrected chi connectivity index (χ4v) is 2.32. The van der Waals surface area contributed by atoms with Gasteiger partial charge in [-0.15, -0.1) is 0 Å². The van der Waals surface area contributed by atoms with Crippen molar-refractivity contribution < 1.29 is 28.5 Å². The third-order valence-electron chi connectivity index (χ3n) is 3.66. The summed E-state index contributed by atoms with van der Waals surface area (Å²) in [6.07, 6.45) is -0.962. The van der Waals surface area contributed by atoms with Crippen molar-refractivity contribution in [3.8, 4) is 17.2 Å². The third-order valence-corrected chi connectivity index (χ3v) is 3.66. The molecule has 0 aromatic heterocycles. The molecular formula is C19H20O6. The zero-order valence-corrected chi connectivity index (χ0v) is 14.6.